The maximum atomic E-state index is 12.9. The Hall–Kier alpha value is -2.64. The van der Waals surface area contributed by atoms with Gasteiger partial charge in [0.15, 0.2) is 10.9 Å². The summed E-state index contributed by atoms with van der Waals surface area (Å²) in [5.41, 5.74) is 2.87. The van der Waals surface area contributed by atoms with Gasteiger partial charge in [0.05, 0.1) is 24.2 Å². The lowest BCUT2D eigenvalue weighted by Crippen LogP contribution is -2.38. The minimum atomic E-state index is -0.276. The minimum Gasteiger partial charge on any atom is -0.378 e. The number of ketones is 1. The van der Waals surface area contributed by atoms with E-state index in [4.69, 9.17) is 4.74 Å². The van der Waals surface area contributed by atoms with Gasteiger partial charge in [0, 0.05) is 18.7 Å². The zero-order valence-corrected chi connectivity index (χ0v) is 17.4. The maximum absolute atomic E-state index is 12.9. The van der Waals surface area contributed by atoms with Crippen molar-refractivity contribution >= 4 is 23.5 Å². The lowest BCUT2D eigenvalue weighted by atomic mass is 10.1. The summed E-state index contributed by atoms with van der Waals surface area (Å²) in [5, 5.41) is 9.40. The lowest BCUT2D eigenvalue weighted by molar-refractivity contribution is 0.0994. The second-order valence-corrected chi connectivity index (χ2v) is 8.30. The van der Waals surface area contributed by atoms with Gasteiger partial charge in [-0.05, 0) is 25.5 Å². The number of carbonyl (C=O) groups is 1. The van der Waals surface area contributed by atoms with Crippen molar-refractivity contribution in [1.29, 1.82) is 0 Å². The van der Waals surface area contributed by atoms with Crippen molar-refractivity contribution in [3.8, 4) is 5.69 Å². The van der Waals surface area contributed by atoms with Crippen LogP contribution >= 0.6 is 11.8 Å². The fraction of sp³-hybridized carbons (Fsp3) is 0.318. The van der Waals surface area contributed by atoms with Crippen LogP contribution in [0, 0.1) is 6.92 Å². The second-order valence-electron chi connectivity index (χ2n) is 6.99. The van der Waals surface area contributed by atoms with E-state index in [0.29, 0.717) is 18.8 Å². The number of morpholine rings is 1. The number of para-hydroxylation sites is 1. The van der Waals surface area contributed by atoms with Crippen molar-refractivity contribution in [3.05, 3.63) is 65.7 Å². The predicted molar refractivity (Wildman–Crippen MR) is 115 cm³/mol. The number of anilines is 1. The van der Waals surface area contributed by atoms with Gasteiger partial charge in [-0.3, -0.25) is 9.36 Å². The quantitative estimate of drug-likeness (QED) is 0.457. The molecule has 0 radical (unpaired) electrons. The van der Waals surface area contributed by atoms with Crippen molar-refractivity contribution < 1.29 is 9.53 Å². The van der Waals surface area contributed by atoms with Gasteiger partial charge in [0.2, 0.25) is 5.95 Å². The van der Waals surface area contributed by atoms with E-state index in [0.717, 1.165) is 35.4 Å². The van der Waals surface area contributed by atoms with Crippen LogP contribution in [0.1, 0.15) is 22.8 Å². The lowest BCUT2D eigenvalue weighted by Gasteiger charge is -2.28. The first-order valence-corrected chi connectivity index (χ1v) is 10.6. The Morgan fingerprint density at radius 3 is 2.45 bits per heavy atom. The summed E-state index contributed by atoms with van der Waals surface area (Å²) in [5.74, 6) is 0.882. The number of ether oxygens (including phenoxy) is 1. The zero-order chi connectivity index (χ0) is 20.2. The van der Waals surface area contributed by atoms with Gasteiger partial charge in [-0.1, -0.05) is 60.3 Å². The van der Waals surface area contributed by atoms with Crippen LogP contribution in [0.4, 0.5) is 5.95 Å². The molecule has 3 aromatic rings. The first-order chi connectivity index (χ1) is 14.1. The molecule has 1 unspecified atom stereocenters. The molecule has 2 heterocycles. The molecule has 0 bridgehead atoms. The van der Waals surface area contributed by atoms with Crippen LogP contribution in [0.5, 0.6) is 0 Å². The normalized spacial score (nSPS) is 15.3. The van der Waals surface area contributed by atoms with Gasteiger partial charge >= 0.3 is 0 Å². The maximum Gasteiger partial charge on any atom is 0.232 e. The molecular weight excluding hydrogens is 384 g/mol. The van der Waals surface area contributed by atoms with Crippen molar-refractivity contribution in [2.24, 2.45) is 0 Å². The van der Waals surface area contributed by atoms with Gasteiger partial charge in [0.1, 0.15) is 0 Å². The molecule has 1 aliphatic heterocycles. The number of thioether (sulfide) groups is 1. The molecule has 1 aromatic heterocycles. The molecule has 0 amide bonds. The van der Waals surface area contributed by atoms with E-state index in [1.54, 1.807) is 0 Å². The third-order valence-electron chi connectivity index (χ3n) is 4.98. The van der Waals surface area contributed by atoms with E-state index in [1.165, 1.54) is 11.8 Å². The average molecular weight is 409 g/mol. The minimum absolute atomic E-state index is 0.0860. The van der Waals surface area contributed by atoms with Crippen LogP contribution < -0.4 is 4.90 Å². The van der Waals surface area contributed by atoms with Gasteiger partial charge < -0.3 is 9.64 Å². The smallest absolute Gasteiger partial charge is 0.232 e. The fourth-order valence-electron chi connectivity index (χ4n) is 3.38. The van der Waals surface area contributed by atoms with Gasteiger partial charge in [-0.25, -0.2) is 0 Å². The van der Waals surface area contributed by atoms with Crippen molar-refractivity contribution in [3.63, 3.8) is 0 Å². The highest BCUT2D eigenvalue weighted by Crippen LogP contribution is 2.31. The Labute approximate surface area is 174 Å². The third kappa shape index (κ3) is 4.21. The van der Waals surface area contributed by atoms with Crippen molar-refractivity contribution in [2.45, 2.75) is 24.3 Å². The second kappa shape index (κ2) is 8.80. The summed E-state index contributed by atoms with van der Waals surface area (Å²) in [7, 11) is 0. The largest absolute Gasteiger partial charge is 0.378 e. The molecule has 2 aromatic carbocycles. The molecule has 0 saturated carbocycles. The standard InChI is InChI=1S/C22H24N4O2S/c1-16-8-6-7-11-19(16)26-21(25-12-14-28-15-13-25)23-24-22(26)29-17(2)20(27)18-9-4-3-5-10-18/h3-11,17H,12-15H2,1-2H3. The number of rotatable bonds is 6. The summed E-state index contributed by atoms with van der Waals surface area (Å²) < 4.78 is 7.56. The highest BCUT2D eigenvalue weighted by molar-refractivity contribution is 8.00. The van der Waals surface area contributed by atoms with Gasteiger partial charge in [-0.2, -0.15) is 0 Å². The van der Waals surface area contributed by atoms with Crippen LogP contribution in [0.2, 0.25) is 0 Å². The Kier molecular flexibility index (Phi) is 5.97. The van der Waals surface area contributed by atoms with Crippen LogP contribution in [0.15, 0.2) is 59.8 Å². The third-order valence-corrected chi connectivity index (χ3v) is 6.02. The van der Waals surface area contributed by atoms with Crippen LogP contribution in [-0.2, 0) is 4.74 Å². The molecule has 1 fully saturated rings. The van der Waals surface area contributed by atoms with Crippen LogP contribution in [0.3, 0.4) is 0 Å². The summed E-state index contributed by atoms with van der Waals surface area (Å²) in [6.07, 6.45) is 0. The number of hydrogen-bond donors (Lipinski definition) is 0. The Morgan fingerprint density at radius 1 is 1.03 bits per heavy atom. The molecule has 7 heteroatoms. The van der Waals surface area contributed by atoms with E-state index in [1.807, 2.05) is 49.4 Å². The first kappa shape index (κ1) is 19.7. The van der Waals surface area contributed by atoms with Crippen LogP contribution in [-0.4, -0.2) is 52.1 Å². The molecule has 1 aliphatic rings. The first-order valence-electron chi connectivity index (χ1n) is 9.75. The van der Waals surface area contributed by atoms with E-state index in [-0.39, 0.29) is 11.0 Å². The molecule has 4 rings (SSSR count). The zero-order valence-electron chi connectivity index (χ0n) is 16.6. The van der Waals surface area contributed by atoms with Gasteiger partial charge in [0.25, 0.3) is 0 Å². The number of aromatic nitrogens is 3. The summed E-state index contributed by atoms with van der Waals surface area (Å²) >= 11 is 1.44. The molecule has 1 atom stereocenters. The number of carbonyl (C=O) groups excluding carboxylic acids is 1. The molecule has 1 saturated heterocycles. The van der Waals surface area contributed by atoms with Crippen molar-refractivity contribution in [2.75, 3.05) is 31.2 Å². The molecule has 0 N–H and O–H groups in total. The molecule has 6 nitrogen and oxygen atoms in total. The monoisotopic (exact) mass is 408 g/mol. The van der Waals surface area contributed by atoms with E-state index >= 15 is 0 Å². The Bertz CT molecular complexity index is 983. The van der Waals surface area contributed by atoms with E-state index < -0.39 is 0 Å². The molecular formula is C22H24N4O2S. The fourth-order valence-corrected chi connectivity index (χ4v) is 4.31. The van der Waals surface area contributed by atoms with Gasteiger partial charge in [-0.15, -0.1) is 10.2 Å². The summed E-state index contributed by atoms with van der Waals surface area (Å²) in [6.45, 7) is 6.88. The number of aryl methyl sites for hydroxylation is 1. The average Bonchev–Trinajstić information content (AvgIpc) is 3.18. The summed E-state index contributed by atoms with van der Waals surface area (Å²) in [4.78, 5) is 15.1. The summed E-state index contributed by atoms with van der Waals surface area (Å²) in [6, 6.07) is 17.6. The Balaban J connectivity index is 1.69. The predicted octanol–water partition coefficient (Wildman–Crippen LogP) is 3.78. The molecule has 0 spiro atoms. The van der Waals surface area contributed by atoms with E-state index in [9.17, 15) is 4.79 Å². The molecule has 150 valence electrons. The number of nitrogens with zero attached hydrogens (tertiary/aromatic N) is 4. The van der Waals surface area contributed by atoms with Crippen molar-refractivity contribution in [1.82, 2.24) is 14.8 Å². The van der Waals surface area contributed by atoms with E-state index in [2.05, 4.69) is 38.7 Å². The SMILES string of the molecule is Cc1ccccc1-n1c(SC(C)C(=O)c2ccccc2)nnc1N1CCOCC1. The number of benzene rings is 2. The van der Waals surface area contributed by atoms with Crippen LogP contribution in [0.25, 0.3) is 5.69 Å². The highest BCUT2D eigenvalue weighted by atomic mass is 32.2. The highest BCUT2D eigenvalue weighted by Gasteiger charge is 2.25. The molecule has 0 aliphatic carbocycles. The molecule has 29 heavy (non-hydrogen) atoms. The topological polar surface area (TPSA) is 60.2 Å². The number of Topliss-reactive ketones (excluding diaryl/α,β-unsaturated/α-hetero) is 1. The number of hydrogen-bond acceptors (Lipinski definition) is 6. The Morgan fingerprint density at radius 2 is 1.72 bits per heavy atom.